The molecule has 7 heteroatoms. The van der Waals surface area contributed by atoms with Gasteiger partial charge in [-0.2, -0.15) is 0 Å². The summed E-state index contributed by atoms with van der Waals surface area (Å²) in [7, 11) is -3.62. The Morgan fingerprint density at radius 3 is 2.42 bits per heavy atom. The van der Waals surface area contributed by atoms with Crippen molar-refractivity contribution in [1.29, 1.82) is 0 Å². The van der Waals surface area contributed by atoms with Crippen LogP contribution in [0.2, 0.25) is 0 Å². The van der Waals surface area contributed by atoms with E-state index in [0.29, 0.717) is 11.4 Å². The molecule has 0 saturated heterocycles. The van der Waals surface area contributed by atoms with Gasteiger partial charge in [-0.1, -0.05) is 24.2 Å². The summed E-state index contributed by atoms with van der Waals surface area (Å²) in [6.45, 7) is 5.82. The molecule has 0 bridgehead atoms. The molecule has 0 radical (unpaired) electrons. The quantitative estimate of drug-likeness (QED) is 0.731. The maximum atomic E-state index is 12.5. The van der Waals surface area contributed by atoms with E-state index in [1.807, 2.05) is 26.0 Å². The third-order valence-corrected chi connectivity index (χ3v) is 6.80. The van der Waals surface area contributed by atoms with Crippen molar-refractivity contribution < 1.29 is 12.9 Å². The third-order valence-electron chi connectivity index (χ3n) is 3.84. The lowest BCUT2D eigenvalue weighted by atomic mass is 10.2. The number of benzene rings is 1. The van der Waals surface area contributed by atoms with Crippen LogP contribution in [0, 0.1) is 13.8 Å². The molecule has 0 amide bonds. The molecule has 0 aliphatic heterocycles. The summed E-state index contributed by atoms with van der Waals surface area (Å²) in [6.07, 6.45) is 0.914. The third kappa shape index (κ3) is 3.22. The van der Waals surface area contributed by atoms with Crippen LogP contribution in [0.3, 0.4) is 0 Å². The van der Waals surface area contributed by atoms with Gasteiger partial charge in [-0.25, -0.2) is 8.42 Å². The summed E-state index contributed by atoms with van der Waals surface area (Å²) in [5.41, 5.74) is 3.43. The second-order valence-corrected chi connectivity index (χ2v) is 8.49. The molecule has 1 aromatic carbocycles. The summed E-state index contributed by atoms with van der Waals surface area (Å²) in [5.74, 6) is 0.617. The van der Waals surface area contributed by atoms with Gasteiger partial charge in [0.15, 0.2) is 5.76 Å². The first kappa shape index (κ1) is 16.7. The Hall–Kier alpha value is -2.12. The molecular weight excluding hydrogens is 344 g/mol. The monoisotopic (exact) mass is 362 g/mol. The van der Waals surface area contributed by atoms with Crippen molar-refractivity contribution in [3.8, 4) is 10.6 Å². The van der Waals surface area contributed by atoms with E-state index in [1.54, 1.807) is 24.3 Å². The fourth-order valence-electron chi connectivity index (χ4n) is 2.25. The predicted octanol–water partition coefficient (Wildman–Crippen LogP) is 4.38. The van der Waals surface area contributed by atoms with E-state index < -0.39 is 10.0 Å². The first-order valence-corrected chi connectivity index (χ1v) is 9.85. The van der Waals surface area contributed by atoms with Gasteiger partial charge in [-0.3, -0.25) is 4.72 Å². The van der Waals surface area contributed by atoms with Gasteiger partial charge in [0.05, 0.1) is 10.6 Å². The van der Waals surface area contributed by atoms with Crippen LogP contribution in [0.4, 0.5) is 5.69 Å². The maximum Gasteiger partial charge on any atom is 0.271 e. The molecule has 0 aliphatic rings. The van der Waals surface area contributed by atoms with Crippen LogP contribution in [-0.2, 0) is 16.4 Å². The van der Waals surface area contributed by atoms with Crippen molar-refractivity contribution in [3.05, 3.63) is 53.2 Å². The van der Waals surface area contributed by atoms with Gasteiger partial charge in [-0.15, -0.1) is 11.3 Å². The predicted molar refractivity (Wildman–Crippen MR) is 95.9 cm³/mol. The van der Waals surface area contributed by atoms with Crippen LogP contribution in [0.15, 0.2) is 45.1 Å². The standard InChI is InChI=1S/C17H18N2O3S2/c1-4-13-5-7-14(8-6-13)19-24(20,21)16-10-9-15(23-16)17-11(2)12(3)18-22-17/h5-10,19H,4H2,1-3H3. The minimum Gasteiger partial charge on any atom is -0.355 e. The lowest BCUT2D eigenvalue weighted by Gasteiger charge is -2.06. The number of rotatable bonds is 5. The van der Waals surface area contributed by atoms with Gasteiger partial charge in [0.25, 0.3) is 10.0 Å². The highest BCUT2D eigenvalue weighted by atomic mass is 32.2. The number of hydrogen-bond acceptors (Lipinski definition) is 5. The Balaban J connectivity index is 1.86. The van der Waals surface area contributed by atoms with Gasteiger partial charge in [0.1, 0.15) is 4.21 Å². The van der Waals surface area contributed by atoms with E-state index in [4.69, 9.17) is 4.52 Å². The molecule has 1 N–H and O–H groups in total. The van der Waals surface area contributed by atoms with Crippen LogP contribution in [0.25, 0.3) is 10.6 Å². The first-order chi connectivity index (χ1) is 11.4. The summed E-state index contributed by atoms with van der Waals surface area (Å²) in [6, 6.07) is 10.7. The Labute approximate surface area is 145 Å². The molecule has 3 rings (SSSR count). The van der Waals surface area contributed by atoms with Crippen LogP contribution >= 0.6 is 11.3 Å². The Morgan fingerprint density at radius 2 is 1.83 bits per heavy atom. The molecule has 0 fully saturated rings. The summed E-state index contributed by atoms with van der Waals surface area (Å²) >= 11 is 1.16. The topological polar surface area (TPSA) is 72.2 Å². The first-order valence-electron chi connectivity index (χ1n) is 7.55. The lowest BCUT2D eigenvalue weighted by Crippen LogP contribution is -2.11. The molecule has 2 heterocycles. The minimum absolute atomic E-state index is 0.241. The van der Waals surface area contributed by atoms with E-state index in [-0.39, 0.29) is 4.21 Å². The number of aryl methyl sites for hydroxylation is 2. The van der Waals surface area contributed by atoms with Crippen molar-refractivity contribution in [2.75, 3.05) is 4.72 Å². The van der Waals surface area contributed by atoms with Crippen molar-refractivity contribution in [3.63, 3.8) is 0 Å². The normalized spacial score (nSPS) is 11.6. The van der Waals surface area contributed by atoms with E-state index in [9.17, 15) is 8.42 Å². The second-order valence-electron chi connectivity index (χ2n) is 5.50. The molecule has 3 aromatic rings. The Bertz CT molecular complexity index is 954. The number of nitrogens with zero attached hydrogens (tertiary/aromatic N) is 1. The largest absolute Gasteiger partial charge is 0.355 e. The molecule has 126 valence electrons. The molecule has 0 saturated carbocycles. The Kier molecular flexibility index (Phi) is 4.47. The highest BCUT2D eigenvalue weighted by Crippen LogP contribution is 2.34. The van der Waals surface area contributed by atoms with Crippen LogP contribution in [0.5, 0.6) is 0 Å². The maximum absolute atomic E-state index is 12.5. The molecular formula is C17H18N2O3S2. The summed E-state index contributed by atoms with van der Waals surface area (Å²) in [5, 5.41) is 3.91. The number of thiophene rings is 1. The van der Waals surface area contributed by atoms with E-state index in [2.05, 4.69) is 16.8 Å². The van der Waals surface area contributed by atoms with Gasteiger partial charge in [0, 0.05) is 11.3 Å². The molecule has 0 unspecified atom stereocenters. The number of sulfonamides is 1. The zero-order valence-corrected chi connectivity index (χ0v) is 15.3. The Morgan fingerprint density at radius 1 is 1.12 bits per heavy atom. The van der Waals surface area contributed by atoms with Crippen molar-refractivity contribution in [2.24, 2.45) is 0 Å². The SMILES string of the molecule is CCc1ccc(NS(=O)(=O)c2ccc(-c3onc(C)c3C)s2)cc1. The molecule has 0 atom stereocenters. The number of nitrogens with one attached hydrogen (secondary N) is 1. The average molecular weight is 362 g/mol. The average Bonchev–Trinajstić information content (AvgIpc) is 3.16. The summed E-state index contributed by atoms with van der Waals surface area (Å²) in [4.78, 5) is 0.745. The van der Waals surface area contributed by atoms with Crippen molar-refractivity contribution >= 4 is 27.0 Å². The molecule has 24 heavy (non-hydrogen) atoms. The van der Waals surface area contributed by atoms with Crippen molar-refractivity contribution in [1.82, 2.24) is 5.16 Å². The highest BCUT2D eigenvalue weighted by Gasteiger charge is 2.20. The molecule has 0 spiro atoms. The number of aromatic nitrogens is 1. The smallest absolute Gasteiger partial charge is 0.271 e. The van der Waals surface area contributed by atoms with Crippen LogP contribution in [0.1, 0.15) is 23.7 Å². The zero-order chi connectivity index (χ0) is 17.3. The van der Waals surface area contributed by atoms with E-state index in [0.717, 1.165) is 39.5 Å². The number of hydrogen-bond donors (Lipinski definition) is 1. The van der Waals surface area contributed by atoms with Crippen molar-refractivity contribution in [2.45, 2.75) is 31.4 Å². The summed E-state index contributed by atoms with van der Waals surface area (Å²) < 4.78 is 33.2. The second kappa shape index (κ2) is 6.41. The van der Waals surface area contributed by atoms with Gasteiger partial charge in [0.2, 0.25) is 0 Å². The minimum atomic E-state index is -3.62. The van der Waals surface area contributed by atoms with E-state index in [1.165, 1.54) is 0 Å². The number of anilines is 1. The molecule has 0 aliphatic carbocycles. The van der Waals surface area contributed by atoms with Gasteiger partial charge < -0.3 is 4.52 Å². The highest BCUT2D eigenvalue weighted by molar-refractivity contribution is 7.94. The lowest BCUT2D eigenvalue weighted by molar-refractivity contribution is 0.427. The van der Waals surface area contributed by atoms with Gasteiger partial charge >= 0.3 is 0 Å². The van der Waals surface area contributed by atoms with E-state index >= 15 is 0 Å². The fourth-order valence-corrected chi connectivity index (χ4v) is 4.64. The van der Waals surface area contributed by atoms with Crippen LogP contribution in [-0.4, -0.2) is 13.6 Å². The molecule has 5 nitrogen and oxygen atoms in total. The molecule has 2 aromatic heterocycles. The van der Waals surface area contributed by atoms with Crippen LogP contribution < -0.4 is 4.72 Å². The fraction of sp³-hybridized carbons (Fsp3) is 0.235. The zero-order valence-electron chi connectivity index (χ0n) is 13.7. The van der Waals surface area contributed by atoms with Gasteiger partial charge in [-0.05, 0) is 50.1 Å².